The summed E-state index contributed by atoms with van der Waals surface area (Å²) in [5.74, 6) is 0.0432. The highest BCUT2D eigenvalue weighted by atomic mass is 16.5. The summed E-state index contributed by atoms with van der Waals surface area (Å²) in [6.45, 7) is 3.63. The number of ether oxygens (including phenoxy) is 1. The molecule has 20 heavy (non-hydrogen) atoms. The average Bonchev–Trinajstić information content (AvgIpc) is 2.42. The molecule has 0 aliphatic carbocycles. The maximum atomic E-state index is 12.0. The predicted octanol–water partition coefficient (Wildman–Crippen LogP) is -1.07. The van der Waals surface area contributed by atoms with Crippen LogP contribution in [0.25, 0.3) is 0 Å². The minimum Gasteiger partial charge on any atom is -0.465 e. The molecule has 0 fully saturated rings. The number of rotatable bonds is 12. The van der Waals surface area contributed by atoms with Crippen LogP contribution >= 0.6 is 0 Å². The van der Waals surface area contributed by atoms with E-state index in [2.05, 4.69) is 16.0 Å². The van der Waals surface area contributed by atoms with Gasteiger partial charge in [0, 0.05) is 32.7 Å². The second-order valence-corrected chi connectivity index (χ2v) is 4.18. The first kappa shape index (κ1) is 18.6. The topological polar surface area (TPSA) is 103 Å². The second kappa shape index (κ2) is 12.6. The van der Waals surface area contributed by atoms with Crippen LogP contribution in [0.15, 0.2) is 0 Å². The Morgan fingerprint density at radius 2 is 1.65 bits per heavy atom. The van der Waals surface area contributed by atoms with Crippen LogP contribution in [-0.4, -0.2) is 82.0 Å². The Kier molecular flexibility index (Phi) is 11.8. The lowest BCUT2D eigenvalue weighted by molar-refractivity contribution is -0.132. The standard InChI is InChI=1S/C12H26N4O4/c1-13-4-7-16(8-5-14-2)11(17)3-9-20-10-6-15-12(18)19/h13-15H,3-10H2,1-2H3,(H,18,19). The van der Waals surface area contributed by atoms with Gasteiger partial charge in [0.2, 0.25) is 5.91 Å². The molecule has 2 amide bonds. The van der Waals surface area contributed by atoms with E-state index >= 15 is 0 Å². The van der Waals surface area contributed by atoms with Gasteiger partial charge in [0.15, 0.2) is 0 Å². The first-order valence-electron chi connectivity index (χ1n) is 6.73. The van der Waals surface area contributed by atoms with Crippen LogP contribution in [-0.2, 0) is 9.53 Å². The molecule has 0 saturated carbocycles. The van der Waals surface area contributed by atoms with Gasteiger partial charge in [0.25, 0.3) is 0 Å². The second-order valence-electron chi connectivity index (χ2n) is 4.18. The fourth-order valence-corrected chi connectivity index (χ4v) is 1.50. The highest BCUT2D eigenvalue weighted by Gasteiger charge is 2.12. The minimum absolute atomic E-state index is 0.0432. The minimum atomic E-state index is -1.07. The van der Waals surface area contributed by atoms with Crippen LogP contribution in [0.2, 0.25) is 0 Å². The molecule has 0 aliphatic rings. The summed E-state index contributed by atoms with van der Waals surface area (Å²) < 4.78 is 5.21. The third-order valence-electron chi connectivity index (χ3n) is 2.60. The molecule has 0 aromatic heterocycles. The fourth-order valence-electron chi connectivity index (χ4n) is 1.50. The van der Waals surface area contributed by atoms with Gasteiger partial charge in [0.1, 0.15) is 0 Å². The van der Waals surface area contributed by atoms with Crippen LogP contribution in [0.3, 0.4) is 0 Å². The summed E-state index contributed by atoms with van der Waals surface area (Å²) in [7, 11) is 3.69. The van der Waals surface area contributed by atoms with Crippen molar-refractivity contribution in [3.63, 3.8) is 0 Å². The number of carbonyl (C=O) groups excluding carboxylic acids is 1. The lowest BCUT2D eigenvalue weighted by Crippen LogP contribution is -2.40. The number of carbonyl (C=O) groups is 2. The van der Waals surface area contributed by atoms with Crippen molar-refractivity contribution in [3.05, 3.63) is 0 Å². The number of hydrogen-bond donors (Lipinski definition) is 4. The molecule has 0 bridgehead atoms. The SMILES string of the molecule is CNCCN(CCNC)C(=O)CCOCCNC(=O)O. The molecule has 0 unspecified atom stereocenters. The maximum absolute atomic E-state index is 12.0. The van der Waals surface area contributed by atoms with Crippen molar-refractivity contribution in [2.24, 2.45) is 0 Å². The molecule has 0 rings (SSSR count). The zero-order chi connectivity index (χ0) is 15.2. The average molecular weight is 290 g/mol. The van der Waals surface area contributed by atoms with E-state index in [-0.39, 0.29) is 19.1 Å². The Morgan fingerprint density at radius 3 is 2.15 bits per heavy atom. The fraction of sp³-hybridized carbons (Fsp3) is 0.833. The Balaban J connectivity index is 3.78. The summed E-state index contributed by atoms with van der Waals surface area (Å²) in [4.78, 5) is 24.0. The van der Waals surface area contributed by atoms with E-state index in [4.69, 9.17) is 9.84 Å². The van der Waals surface area contributed by atoms with Crippen molar-refractivity contribution in [1.29, 1.82) is 0 Å². The van der Waals surface area contributed by atoms with Crippen LogP contribution < -0.4 is 16.0 Å². The first-order chi connectivity index (χ1) is 9.61. The normalized spacial score (nSPS) is 10.3. The molecule has 0 saturated heterocycles. The lowest BCUT2D eigenvalue weighted by Gasteiger charge is -2.22. The van der Waals surface area contributed by atoms with E-state index < -0.39 is 6.09 Å². The largest absolute Gasteiger partial charge is 0.465 e. The molecule has 8 nitrogen and oxygen atoms in total. The van der Waals surface area contributed by atoms with E-state index in [0.29, 0.717) is 26.1 Å². The monoisotopic (exact) mass is 290 g/mol. The highest BCUT2D eigenvalue weighted by Crippen LogP contribution is 1.94. The number of carboxylic acid groups (broad SMARTS) is 1. The van der Waals surface area contributed by atoms with Gasteiger partial charge in [-0.2, -0.15) is 0 Å². The molecule has 0 atom stereocenters. The first-order valence-corrected chi connectivity index (χ1v) is 6.73. The van der Waals surface area contributed by atoms with Gasteiger partial charge in [-0.25, -0.2) is 4.79 Å². The molecule has 0 radical (unpaired) electrons. The Labute approximate surface area is 119 Å². The van der Waals surface area contributed by atoms with Gasteiger partial charge in [0.05, 0.1) is 19.6 Å². The summed E-state index contributed by atoms with van der Waals surface area (Å²) in [5, 5.41) is 16.6. The summed E-state index contributed by atoms with van der Waals surface area (Å²) in [5.41, 5.74) is 0. The number of nitrogens with zero attached hydrogens (tertiary/aromatic N) is 1. The van der Waals surface area contributed by atoms with Crippen LogP contribution in [0, 0.1) is 0 Å². The van der Waals surface area contributed by atoms with Crippen molar-refractivity contribution >= 4 is 12.0 Å². The van der Waals surface area contributed by atoms with Gasteiger partial charge in [-0.1, -0.05) is 0 Å². The molecule has 4 N–H and O–H groups in total. The molecule has 0 heterocycles. The molecule has 118 valence electrons. The van der Waals surface area contributed by atoms with Crippen molar-refractivity contribution in [3.8, 4) is 0 Å². The van der Waals surface area contributed by atoms with Crippen LogP contribution in [0.4, 0.5) is 4.79 Å². The van der Waals surface area contributed by atoms with Crippen LogP contribution in [0.1, 0.15) is 6.42 Å². The predicted molar refractivity (Wildman–Crippen MR) is 75.9 cm³/mol. The van der Waals surface area contributed by atoms with Crippen LogP contribution in [0.5, 0.6) is 0 Å². The smallest absolute Gasteiger partial charge is 0.404 e. The van der Waals surface area contributed by atoms with E-state index in [1.807, 2.05) is 14.1 Å². The molecule has 0 spiro atoms. The maximum Gasteiger partial charge on any atom is 0.404 e. The number of likely N-dealkylation sites (N-methyl/N-ethyl adjacent to an activating group) is 2. The molecule has 8 heteroatoms. The van der Waals surface area contributed by atoms with E-state index in [9.17, 15) is 9.59 Å². The van der Waals surface area contributed by atoms with Gasteiger partial charge < -0.3 is 30.7 Å². The zero-order valence-electron chi connectivity index (χ0n) is 12.3. The number of nitrogens with one attached hydrogen (secondary N) is 3. The Morgan fingerprint density at radius 1 is 1.05 bits per heavy atom. The summed E-state index contributed by atoms with van der Waals surface area (Å²) >= 11 is 0. The van der Waals surface area contributed by atoms with Gasteiger partial charge in [-0.15, -0.1) is 0 Å². The van der Waals surface area contributed by atoms with Crippen molar-refractivity contribution < 1.29 is 19.4 Å². The van der Waals surface area contributed by atoms with E-state index in [1.54, 1.807) is 4.90 Å². The molecule has 0 aromatic rings. The van der Waals surface area contributed by atoms with Crippen molar-refractivity contribution in [2.45, 2.75) is 6.42 Å². The van der Waals surface area contributed by atoms with Crippen molar-refractivity contribution in [1.82, 2.24) is 20.9 Å². The summed E-state index contributed by atoms with van der Waals surface area (Å²) in [6, 6.07) is 0. The van der Waals surface area contributed by atoms with Gasteiger partial charge >= 0.3 is 6.09 Å². The van der Waals surface area contributed by atoms with E-state index in [1.165, 1.54) is 0 Å². The highest BCUT2D eigenvalue weighted by molar-refractivity contribution is 5.76. The van der Waals surface area contributed by atoms with E-state index in [0.717, 1.165) is 13.1 Å². The zero-order valence-corrected chi connectivity index (χ0v) is 12.3. The summed E-state index contributed by atoms with van der Waals surface area (Å²) in [6.07, 6.45) is -0.768. The third-order valence-corrected chi connectivity index (χ3v) is 2.60. The third kappa shape index (κ3) is 10.5. The molecular formula is C12H26N4O4. The van der Waals surface area contributed by atoms with Gasteiger partial charge in [-0.3, -0.25) is 4.79 Å². The lowest BCUT2D eigenvalue weighted by atomic mass is 10.3. The molecular weight excluding hydrogens is 264 g/mol. The Bertz CT molecular complexity index is 268. The molecule has 0 aromatic carbocycles. The molecule has 0 aliphatic heterocycles. The quantitative estimate of drug-likeness (QED) is 0.341. The van der Waals surface area contributed by atoms with Crippen molar-refractivity contribution in [2.75, 3.05) is 60.0 Å². The van der Waals surface area contributed by atoms with Gasteiger partial charge in [-0.05, 0) is 14.1 Å². The number of amides is 2. The Hall–Kier alpha value is -1.38. The number of hydrogen-bond acceptors (Lipinski definition) is 5.